The van der Waals surface area contributed by atoms with E-state index in [-0.39, 0.29) is 11.5 Å². The molecule has 92 valence electrons. The normalized spacial score (nSPS) is 13.8. The number of nitrogens with zero attached hydrogens (tertiary/aromatic N) is 2. The molecule has 0 spiro atoms. The van der Waals surface area contributed by atoms with Gasteiger partial charge in [-0.1, -0.05) is 20.3 Å². The van der Waals surface area contributed by atoms with Gasteiger partial charge in [-0.15, -0.1) is 0 Å². The Hall–Kier alpha value is -1.98. The van der Waals surface area contributed by atoms with E-state index in [9.17, 15) is 9.59 Å². The summed E-state index contributed by atoms with van der Waals surface area (Å²) in [5.74, 6) is -1.65. The van der Waals surface area contributed by atoms with Crippen molar-refractivity contribution < 1.29 is 14.7 Å². The first-order valence-electron chi connectivity index (χ1n) is 5.35. The summed E-state index contributed by atoms with van der Waals surface area (Å²) in [6.07, 6.45) is 4.67. The van der Waals surface area contributed by atoms with E-state index in [1.54, 1.807) is 6.92 Å². The first kappa shape index (κ1) is 13.1. The lowest BCUT2D eigenvalue weighted by molar-refractivity contribution is -0.140. The fraction of sp³-hybridized carbons (Fsp3) is 0.455. The Kier molecular flexibility index (Phi) is 4.56. The third-order valence-corrected chi connectivity index (χ3v) is 2.59. The molecule has 1 amide bonds. The molecular formula is C11H15N3O3. The zero-order valence-electron chi connectivity index (χ0n) is 9.75. The van der Waals surface area contributed by atoms with Crippen LogP contribution in [0.3, 0.4) is 0 Å². The van der Waals surface area contributed by atoms with Gasteiger partial charge in [0.05, 0.1) is 5.56 Å². The molecule has 2 atom stereocenters. The average Bonchev–Trinajstić information content (AvgIpc) is 2.35. The van der Waals surface area contributed by atoms with Crippen LogP contribution in [0.4, 0.5) is 0 Å². The van der Waals surface area contributed by atoms with E-state index in [2.05, 4.69) is 15.3 Å². The summed E-state index contributed by atoms with van der Waals surface area (Å²) >= 11 is 0. The average molecular weight is 237 g/mol. The molecular weight excluding hydrogens is 222 g/mol. The van der Waals surface area contributed by atoms with Crippen molar-refractivity contribution in [2.45, 2.75) is 26.3 Å². The third kappa shape index (κ3) is 3.51. The molecule has 0 fully saturated rings. The van der Waals surface area contributed by atoms with E-state index >= 15 is 0 Å². The van der Waals surface area contributed by atoms with Gasteiger partial charge in [0.2, 0.25) is 0 Å². The van der Waals surface area contributed by atoms with Crippen LogP contribution >= 0.6 is 0 Å². The van der Waals surface area contributed by atoms with Gasteiger partial charge in [-0.3, -0.25) is 4.79 Å². The molecule has 0 saturated carbocycles. The van der Waals surface area contributed by atoms with Gasteiger partial charge in [-0.2, -0.15) is 0 Å². The first-order chi connectivity index (χ1) is 8.06. The van der Waals surface area contributed by atoms with Crippen molar-refractivity contribution in [2.24, 2.45) is 5.92 Å². The van der Waals surface area contributed by atoms with Crippen LogP contribution in [0.15, 0.2) is 18.7 Å². The minimum atomic E-state index is -1.04. The second-order valence-corrected chi connectivity index (χ2v) is 3.80. The van der Waals surface area contributed by atoms with E-state index in [0.29, 0.717) is 6.42 Å². The van der Waals surface area contributed by atoms with Gasteiger partial charge in [0, 0.05) is 12.4 Å². The molecule has 1 rings (SSSR count). The van der Waals surface area contributed by atoms with E-state index in [1.807, 2.05) is 6.92 Å². The Bertz CT molecular complexity index is 394. The molecule has 0 aromatic carbocycles. The molecule has 1 aromatic rings. The molecule has 0 aliphatic carbocycles. The monoisotopic (exact) mass is 237 g/mol. The highest BCUT2D eigenvalue weighted by molar-refractivity contribution is 5.96. The number of hydrogen-bond donors (Lipinski definition) is 2. The van der Waals surface area contributed by atoms with Crippen LogP contribution in [-0.2, 0) is 4.79 Å². The number of rotatable bonds is 5. The van der Waals surface area contributed by atoms with Crippen molar-refractivity contribution in [3.63, 3.8) is 0 Å². The van der Waals surface area contributed by atoms with Crippen LogP contribution in [0, 0.1) is 5.92 Å². The maximum Gasteiger partial charge on any atom is 0.326 e. The van der Waals surface area contributed by atoms with Crippen LogP contribution in [0.2, 0.25) is 0 Å². The zero-order valence-corrected chi connectivity index (χ0v) is 9.75. The fourth-order valence-electron chi connectivity index (χ4n) is 1.32. The molecule has 0 aliphatic heterocycles. The van der Waals surface area contributed by atoms with Gasteiger partial charge in [0.25, 0.3) is 5.91 Å². The number of carboxylic acid groups (broad SMARTS) is 1. The van der Waals surface area contributed by atoms with E-state index in [0.717, 1.165) is 0 Å². The SMILES string of the molecule is CCC(C)[C@H](NC(=O)c1cncnc1)C(=O)O. The molecule has 0 radical (unpaired) electrons. The predicted molar refractivity (Wildman–Crippen MR) is 60.4 cm³/mol. The Morgan fingerprint density at radius 1 is 1.41 bits per heavy atom. The molecule has 2 N–H and O–H groups in total. The highest BCUT2D eigenvalue weighted by atomic mass is 16.4. The minimum Gasteiger partial charge on any atom is -0.480 e. The first-order valence-corrected chi connectivity index (χ1v) is 5.35. The molecule has 0 aliphatic rings. The highest BCUT2D eigenvalue weighted by Gasteiger charge is 2.25. The van der Waals surface area contributed by atoms with Crippen LogP contribution in [0.25, 0.3) is 0 Å². The lowest BCUT2D eigenvalue weighted by Crippen LogP contribution is -2.45. The summed E-state index contributed by atoms with van der Waals surface area (Å²) in [4.78, 5) is 30.2. The molecule has 1 unspecified atom stereocenters. The van der Waals surface area contributed by atoms with Gasteiger partial charge < -0.3 is 10.4 Å². The summed E-state index contributed by atoms with van der Waals surface area (Å²) in [6.45, 7) is 3.65. The standard InChI is InChI=1S/C11H15N3O3/c1-3-7(2)9(11(16)17)14-10(15)8-4-12-6-13-5-8/h4-7,9H,3H2,1-2H3,(H,14,15)(H,16,17)/t7?,9-/m0/s1. The second kappa shape index (κ2) is 5.93. The van der Waals surface area contributed by atoms with Crippen LogP contribution in [-0.4, -0.2) is 33.0 Å². The Morgan fingerprint density at radius 3 is 2.47 bits per heavy atom. The maximum atomic E-state index is 11.7. The lowest BCUT2D eigenvalue weighted by atomic mass is 9.99. The number of nitrogens with one attached hydrogen (secondary N) is 1. The third-order valence-electron chi connectivity index (χ3n) is 2.59. The van der Waals surface area contributed by atoms with Crippen molar-refractivity contribution in [1.82, 2.24) is 15.3 Å². The fourth-order valence-corrected chi connectivity index (χ4v) is 1.32. The van der Waals surface area contributed by atoms with Crippen LogP contribution in [0.1, 0.15) is 30.6 Å². The van der Waals surface area contributed by atoms with Crippen molar-refractivity contribution in [3.8, 4) is 0 Å². The largest absolute Gasteiger partial charge is 0.480 e. The second-order valence-electron chi connectivity index (χ2n) is 3.80. The Morgan fingerprint density at radius 2 is 2.00 bits per heavy atom. The van der Waals surface area contributed by atoms with Gasteiger partial charge in [-0.05, 0) is 5.92 Å². The van der Waals surface area contributed by atoms with Gasteiger partial charge in [0.15, 0.2) is 0 Å². The van der Waals surface area contributed by atoms with Gasteiger partial charge in [-0.25, -0.2) is 14.8 Å². The summed E-state index contributed by atoms with van der Waals surface area (Å²) in [7, 11) is 0. The quantitative estimate of drug-likeness (QED) is 0.786. The number of aromatic nitrogens is 2. The zero-order chi connectivity index (χ0) is 12.8. The summed E-state index contributed by atoms with van der Waals surface area (Å²) in [6, 6.07) is -0.896. The summed E-state index contributed by atoms with van der Waals surface area (Å²) < 4.78 is 0. The number of carbonyl (C=O) groups excluding carboxylic acids is 1. The van der Waals surface area contributed by atoms with E-state index < -0.39 is 17.9 Å². The summed E-state index contributed by atoms with van der Waals surface area (Å²) in [5, 5.41) is 11.5. The highest BCUT2D eigenvalue weighted by Crippen LogP contribution is 2.08. The van der Waals surface area contributed by atoms with E-state index in [4.69, 9.17) is 5.11 Å². The predicted octanol–water partition coefficient (Wildman–Crippen LogP) is 0.706. The molecule has 6 heteroatoms. The van der Waals surface area contributed by atoms with Crippen molar-refractivity contribution in [3.05, 3.63) is 24.3 Å². The maximum absolute atomic E-state index is 11.7. The van der Waals surface area contributed by atoms with Crippen LogP contribution < -0.4 is 5.32 Å². The molecule has 17 heavy (non-hydrogen) atoms. The van der Waals surface area contributed by atoms with Crippen molar-refractivity contribution in [1.29, 1.82) is 0 Å². The van der Waals surface area contributed by atoms with Crippen molar-refractivity contribution in [2.75, 3.05) is 0 Å². The van der Waals surface area contributed by atoms with Crippen LogP contribution in [0.5, 0.6) is 0 Å². The smallest absolute Gasteiger partial charge is 0.326 e. The Balaban J connectivity index is 2.75. The lowest BCUT2D eigenvalue weighted by Gasteiger charge is -2.19. The number of carbonyl (C=O) groups is 2. The number of hydrogen-bond acceptors (Lipinski definition) is 4. The number of carboxylic acids is 1. The molecule has 6 nitrogen and oxygen atoms in total. The topological polar surface area (TPSA) is 92.2 Å². The molecule has 0 saturated heterocycles. The molecule has 1 aromatic heterocycles. The molecule has 1 heterocycles. The minimum absolute atomic E-state index is 0.138. The van der Waals surface area contributed by atoms with E-state index in [1.165, 1.54) is 18.7 Å². The molecule has 0 bridgehead atoms. The van der Waals surface area contributed by atoms with Gasteiger partial charge >= 0.3 is 5.97 Å². The van der Waals surface area contributed by atoms with Crippen molar-refractivity contribution >= 4 is 11.9 Å². The summed E-state index contributed by atoms with van der Waals surface area (Å²) in [5.41, 5.74) is 0.252. The Labute approximate surface area is 99.1 Å². The number of amides is 1. The number of aliphatic carboxylic acids is 1. The van der Waals surface area contributed by atoms with Gasteiger partial charge in [0.1, 0.15) is 12.4 Å².